The summed E-state index contributed by atoms with van der Waals surface area (Å²) in [7, 11) is -9.93. The van der Waals surface area contributed by atoms with Crippen LogP contribution in [0, 0.1) is 17.8 Å². The van der Waals surface area contributed by atoms with Crippen LogP contribution in [0.1, 0.15) is 434 Å². The highest BCUT2D eigenvalue weighted by Crippen LogP contribution is 2.45. The molecule has 0 aromatic rings. The van der Waals surface area contributed by atoms with Crippen molar-refractivity contribution in [2.45, 2.75) is 452 Å². The number of ether oxygens (including phenoxy) is 4. The van der Waals surface area contributed by atoms with E-state index in [1.54, 1.807) is 0 Å². The predicted molar refractivity (Wildman–Crippen MR) is 418 cm³/mol. The van der Waals surface area contributed by atoms with Crippen LogP contribution in [-0.4, -0.2) is 96.7 Å². The Morgan fingerprint density at radius 1 is 0.284 bits per heavy atom. The average Bonchev–Trinajstić information content (AvgIpc) is 0.923. The summed E-state index contributed by atoms with van der Waals surface area (Å²) in [6.07, 6.45) is 62.4. The lowest BCUT2D eigenvalue weighted by atomic mass is 9.99. The first-order valence-electron chi connectivity index (χ1n) is 42.9. The van der Waals surface area contributed by atoms with Gasteiger partial charge in [0.25, 0.3) is 0 Å². The monoisotopic (exact) mass is 1490 g/mol. The summed E-state index contributed by atoms with van der Waals surface area (Å²) in [6.45, 7) is 12.0. The van der Waals surface area contributed by atoms with Crippen molar-refractivity contribution in [2.75, 3.05) is 39.6 Å². The molecule has 0 saturated heterocycles. The molecule has 0 spiro atoms. The van der Waals surface area contributed by atoms with Crippen LogP contribution in [0.3, 0.4) is 0 Å². The van der Waals surface area contributed by atoms with Gasteiger partial charge in [-0.3, -0.25) is 37.3 Å². The molecule has 0 aromatic carbocycles. The molecule has 0 fully saturated rings. The number of hydrogen-bond acceptors (Lipinski definition) is 15. The first-order chi connectivity index (χ1) is 49.3. The lowest BCUT2D eigenvalue weighted by Gasteiger charge is -2.21. The second-order valence-electron chi connectivity index (χ2n) is 31.1. The summed E-state index contributed by atoms with van der Waals surface area (Å²) < 4.78 is 68.8. The first-order valence-corrected chi connectivity index (χ1v) is 45.9. The van der Waals surface area contributed by atoms with Gasteiger partial charge in [-0.25, -0.2) is 9.13 Å². The number of rotatable bonds is 81. The second kappa shape index (κ2) is 73.2. The van der Waals surface area contributed by atoms with Crippen LogP contribution in [0.15, 0.2) is 0 Å². The molecule has 3 N–H and O–H groups in total. The molecule has 0 aliphatic heterocycles. The van der Waals surface area contributed by atoms with Gasteiger partial charge < -0.3 is 33.8 Å². The van der Waals surface area contributed by atoms with Crippen molar-refractivity contribution in [3.63, 3.8) is 0 Å². The Labute approximate surface area is 626 Å². The first kappa shape index (κ1) is 100. The Balaban J connectivity index is 5.25. The van der Waals surface area contributed by atoms with Gasteiger partial charge in [-0.2, -0.15) is 0 Å². The van der Waals surface area contributed by atoms with Crippen molar-refractivity contribution >= 4 is 39.5 Å². The Kier molecular flexibility index (Phi) is 71.8. The molecule has 0 aliphatic rings. The van der Waals surface area contributed by atoms with E-state index in [-0.39, 0.29) is 25.7 Å². The van der Waals surface area contributed by atoms with Gasteiger partial charge >= 0.3 is 39.5 Å². The summed E-state index contributed by atoms with van der Waals surface area (Å²) in [6, 6.07) is 0. The van der Waals surface area contributed by atoms with Gasteiger partial charge in [0, 0.05) is 25.7 Å². The van der Waals surface area contributed by atoms with Gasteiger partial charge in [0.1, 0.15) is 19.3 Å². The van der Waals surface area contributed by atoms with Crippen LogP contribution >= 0.6 is 15.6 Å². The zero-order valence-electron chi connectivity index (χ0n) is 67.1. The molecule has 0 radical (unpaired) electrons. The van der Waals surface area contributed by atoms with E-state index in [1.165, 1.54) is 244 Å². The van der Waals surface area contributed by atoms with Gasteiger partial charge in [0.15, 0.2) is 12.2 Å². The highest BCUT2D eigenvalue weighted by Gasteiger charge is 2.30. The van der Waals surface area contributed by atoms with E-state index in [9.17, 15) is 43.2 Å². The summed E-state index contributed by atoms with van der Waals surface area (Å²) in [5.41, 5.74) is 0. The van der Waals surface area contributed by atoms with E-state index in [0.717, 1.165) is 108 Å². The molecule has 19 heteroatoms. The van der Waals surface area contributed by atoms with Crippen LogP contribution in [-0.2, 0) is 65.4 Å². The number of unbranched alkanes of at least 4 members (excludes halogenated alkanes) is 48. The van der Waals surface area contributed by atoms with E-state index in [2.05, 4.69) is 48.5 Å². The number of carbonyl (C=O) groups excluding carboxylic acids is 4. The fourth-order valence-electron chi connectivity index (χ4n) is 12.8. The number of carbonyl (C=O) groups is 4. The molecule has 0 aliphatic carbocycles. The van der Waals surface area contributed by atoms with E-state index in [0.29, 0.717) is 25.7 Å². The molecule has 17 nitrogen and oxygen atoms in total. The largest absolute Gasteiger partial charge is 0.472 e. The zero-order valence-corrected chi connectivity index (χ0v) is 68.9. The highest BCUT2D eigenvalue weighted by atomic mass is 31.2. The number of esters is 4. The number of aliphatic hydroxyl groups is 1. The Hall–Kier alpha value is -1.94. The Morgan fingerprint density at radius 3 is 0.745 bits per heavy atom. The van der Waals surface area contributed by atoms with E-state index < -0.39 is 97.5 Å². The Morgan fingerprint density at radius 2 is 0.500 bits per heavy atom. The fraction of sp³-hybridized carbons (Fsp3) is 0.952. The van der Waals surface area contributed by atoms with Crippen molar-refractivity contribution in [3.05, 3.63) is 0 Å². The molecule has 0 bridgehead atoms. The molecule has 0 saturated carbocycles. The minimum Gasteiger partial charge on any atom is -0.462 e. The van der Waals surface area contributed by atoms with Crippen LogP contribution in [0.5, 0.6) is 0 Å². The minimum absolute atomic E-state index is 0.106. The van der Waals surface area contributed by atoms with Crippen molar-refractivity contribution in [3.8, 4) is 0 Å². The number of aliphatic hydroxyl groups excluding tert-OH is 1. The smallest absolute Gasteiger partial charge is 0.462 e. The van der Waals surface area contributed by atoms with Crippen LogP contribution < -0.4 is 0 Å². The van der Waals surface area contributed by atoms with Gasteiger partial charge in [0.05, 0.1) is 26.4 Å². The van der Waals surface area contributed by atoms with Crippen molar-refractivity contribution in [1.82, 2.24) is 0 Å². The van der Waals surface area contributed by atoms with Crippen LogP contribution in [0.2, 0.25) is 0 Å². The fourth-order valence-corrected chi connectivity index (χ4v) is 14.4. The zero-order chi connectivity index (χ0) is 75.1. The average molecular weight is 1490 g/mol. The van der Waals surface area contributed by atoms with E-state index in [4.69, 9.17) is 37.0 Å². The summed E-state index contributed by atoms with van der Waals surface area (Å²) in [4.78, 5) is 73.1. The molecule has 0 aromatic heterocycles. The van der Waals surface area contributed by atoms with Gasteiger partial charge in [-0.1, -0.05) is 382 Å². The molecular weight excluding hydrogens is 1330 g/mol. The van der Waals surface area contributed by atoms with Gasteiger partial charge in [0.2, 0.25) is 0 Å². The maximum Gasteiger partial charge on any atom is 0.472 e. The minimum atomic E-state index is -4.96. The summed E-state index contributed by atoms with van der Waals surface area (Å²) >= 11 is 0. The molecule has 3 unspecified atom stereocenters. The van der Waals surface area contributed by atoms with Crippen LogP contribution in [0.4, 0.5) is 0 Å². The van der Waals surface area contributed by atoms with Gasteiger partial charge in [-0.05, 0) is 43.4 Å². The van der Waals surface area contributed by atoms with Crippen molar-refractivity contribution < 1.29 is 80.2 Å². The Bertz CT molecular complexity index is 1980. The summed E-state index contributed by atoms with van der Waals surface area (Å²) in [5.74, 6) is 0.219. The maximum absolute atomic E-state index is 13.1. The quantitative estimate of drug-likeness (QED) is 0.0222. The topological polar surface area (TPSA) is 237 Å². The third-order valence-corrected chi connectivity index (χ3v) is 21.6. The number of hydrogen-bond donors (Lipinski definition) is 3. The standard InChI is InChI=1S/C83H162O17P2/c1-8-10-11-12-13-14-15-16-17-18-19-20-21-22-23-24-29-37-45-52-59-66-82(87)99-78(70-93-80(85)64-57-50-43-36-28-26-25-27-33-40-47-54-61-74(3)4)72-97-101(89,90)95-68-77(84)69-96-102(91,92)98-73-79(71-94-81(86)65-58-51-44-39-32-34-41-48-55-62-75(5)6)100-83(88)67-60-53-46-38-31-30-35-42-49-56-63-76(7)9-2/h74-79,84H,8-73H2,1-7H3,(H,89,90)(H,91,92)/t76?,77-,78-,79-/m1/s1. The molecule has 0 heterocycles. The highest BCUT2D eigenvalue weighted by molar-refractivity contribution is 7.47. The number of phosphoric acid groups is 2. The number of phosphoric ester groups is 2. The lowest BCUT2D eigenvalue weighted by Crippen LogP contribution is -2.30. The van der Waals surface area contributed by atoms with Crippen LogP contribution in [0.25, 0.3) is 0 Å². The molecule has 6 atom stereocenters. The molecule has 102 heavy (non-hydrogen) atoms. The third kappa shape index (κ3) is 74.9. The van der Waals surface area contributed by atoms with E-state index >= 15 is 0 Å². The summed E-state index contributed by atoms with van der Waals surface area (Å²) in [5, 5.41) is 10.7. The molecule has 606 valence electrons. The molecule has 0 amide bonds. The molecular formula is C83H162O17P2. The predicted octanol–water partition coefficient (Wildman–Crippen LogP) is 24.9. The van der Waals surface area contributed by atoms with Gasteiger partial charge in [-0.15, -0.1) is 0 Å². The SMILES string of the molecule is CCCCCCCCCCCCCCCCCCCCCCCC(=O)O[C@H](COC(=O)CCCCCCCCCCCCCCC(C)C)COP(=O)(O)OC[C@@H](O)COP(=O)(O)OC[C@@H](COC(=O)CCCCCCCCCCCC(C)C)OC(=O)CCCCCCCCCCCCC(C)CC. The molecule has 0 rings (SSSR count). The van der Waals surface area contributed by atoms with Crippen molar-refractivity contribution in [1.29, 1.82) is 0 Å². The van der Waals surface area contributed by atoms with E-state index in [1.807, 2.05) is 0 Å². The van der Waals surface area contributed by atoms with Crippen molar-refractivity contribution in [2.24, 2.45) is 17.8 Å². The third-order valence-electron chi connectivity index (χ3n) is 19.7. The normalized spacial score (nSPS) is 14.2. The maximum atomic E-state index is 13.1. The second-order valence-corrected chi connectivity index (χ2v) is 34.0. The lowest BCUT2D eigenvalue weighted by molar-refractivity contribution is -0.161.